The van der Waals surface area contributed by atoms with Gasteiger partial charge >= 0.3 is 5.97 Å². The van der Waals surface area contributed by atoms with Crippen LogP contribution in [0.1, 0.15) is 29.0 Å². The van der Waals surface area contributed by atoms with Crippen molar-refractivity contribution in [3.63, 3.8) is 0 Å². The van der Waals surface area contributed by atoms with E-state index in [0.717, 1.165) is 0 Å². The maximum atomic E-state index is 12.3. The zero-order valence-corrected chi connectivity index (χ0v) is 18.6. The Morgan fingerprint density at radius 3 is 2.56 bits per heavy atom. The Bertz CT molecular complexity index is 1230. The van der Waals surface area contributed by atoms with E-state index >= 15 is 0 Å². The Morgan fingerprint density at radius 1 is 1.19 bits per heavy atom. The number of nitrogens with one attached hydrogen (secondary N) is 3. The van der Waals surface area contributed by atoms with Crippen LogP contribution < -0.4 is 21.9 Å². The number of carboxylic acids is 1. The third kappa shape index (κ3) is 5.96. The van der Waals surface area contributed by atoms with Crippen molar-refractivity contribution in [2.75, 3.05) is 11.1 Å². The van der Waals surface area contributed by atoms with E-state index in [1.54, 1.807) is 34.7 Å². The van der Waals surface area contributed by atoms with Crippen LogP contribution in [0.25, 0.3) is 11.0 Å². The zero-order valence-electron chi connectivity index (χ0n) is 16.5. The van der Waals surface area contributed by atoms with E-state index in [1.165, 1.54) is 18.3 Å². The number of hydrogen-bond acceptors (Lipinski definition) is 9. The highest BCUT2D eigenvalue weighted by Gasteiger charge is 2.21. The van der Waals surface area contributed by atoms with E-state index in [1.807, 2.05) is 0 Å². The van der Waals surface area contributed by atoms with Gasteiger partial charge in [-0.05, 0) is 53.3 Å². The Hall–Kier alpha value is -3.62. The van der Waals surface area contributed by atoms with Gasteiger partial charge in [0, 0.05) is 17.7 Å². The van der Waals surface area contributed by atoms with Crippen molar-refractivity contribution >= 4 is 60.9 Å². The molecule has 1 aromatic carbocycles. The number of nitrogens with two attached hydrogens (primary N) is 1. The molecule has 0 saturated carbocycles. The topological polar surface area (TPSA) is 193 Å². The summed E-state index contributed by atoms with van der Waals surface area (Å²) in [6, 6.07) is 5.17. The number of aromatic amines is 1. The summed E-state index contributed by atoms with van der Waals surface area (Å²) in [6.07, 6.45) is 1.47. The molecule has 12 nitrogen and oxygen atoms in total. The minimum absolute atomic E-state index is 0.0131. The van der Waals surface area contributed by atoms with Crippen molar-refractivity contribution in [2.45, 2.75) is 25.4 Å². The van der Waals surface area contributed by atoms with Gasteiger partial charge in [0.2, 0.25) is 5.95 Å². The summed E-state index contributed by atoms with van der Waals surface area (Å²) in [4.78, 5) is 61.3. The number of aliphatic carboxylic acids is 1. The van der Waals surface area contributed by atoms with Gasteiger partial charge in [-0.2, -0.15) is 0 Å². The predicted octanol–water partition coefficient (Wildman–Crippen LogP) is 0.832. The molecule has 0 radical (unpaired) electrons. The summed E-state index contributed by atoms with van der Waals surface area (Å²) in [5.41, 5.74) is 6.35. The maximum absolute atomic E-state index is 12.3. The summed E-state index contributed by atoms with van der Waals surface area (Å²) in [5.74, 6) is -1.44. The highest BCUT2D eigenvalue weighted by atomic mass is 127. The first-order valence-corrected chi connectivity index (χ1v) is 10.4. The molecular formula is C19H18IN7O5. The number of carbonyl (C=O) groups is 3. The molecule has 0 aliphatic carbocycles. The number of H-pyrrole nitrogens is 1. The number of nitrogen functional groups attached to an aromatic ring is 1. The van der Waals surface area contributed by atoms with Crippen LogP contribution in [0.5, 0.6) is 0 Å². The number of halogens is 1. The summed E-state index contributed by atoms with van der Waals surface area (Å²) in [5, 5.41) is 14.7. The van der Waals surface area contributed by atoms with Crippen molar-refractivity contribution in [1.82, 2.24) is 25.3 Å². The minimum Gasteiger partial charge on any atom is -0.480 e. The smallest absolute Gasteiger partial charge is 0.326 e. The number of rotatable bonds is 9. The lowest BCUT2D eigenvalue weighted by Crippen LogP contribution is -2.40. The number of fused-ring (bicyclic) bond motifs is 1. The van der Waals surface area contributed by atoms with Crippen LogP contribution in [0.4, 0.5) is 11.6 Å². The van der Waals surface area contributed by atoms with Gasteiger partial charge < -0.3 is 21.5 Å². The number of benzene rings is 1. The molecule has 6 N–H and O–H groups in total. The normalized spacial score (nSPS) is 11.7. The Labute approximate surface area is 194 Å². The lowest BCUT2D eigenvalue weighted by molar-refractivity contribution is -0.139. The van der Waals surface area contributed by atoms with E-state index in [0.29, 0.717) is 11.5 Å². The molecule has 0 aliphatic heterocycles. The second-order valence-corrected chi connectivity index (χ2v) is 7.86. The second-order valence-electron chi connectivity index (χ2n) is 6.66. The van der Waals surface area contributed by atoms with Gasteiger partial charge in [0.15, 0.2) is 9.31 Å². The van der Waals surface area contributed by atoms with Gasteiger partial charge in [0.05, 0.1) is 12.7 Å². The van der Waals surface area contributed by atoms with E-state index in [9.17, 15) is 24.3 Å². The fraction of sp³-hybridized carbons (Fsp3) is 0.211. The monoisotopic (exact) mass is 551 g/mol. The number of hydrogen-bond donors (Lipinski definition) is 5. The maximum Gasteiger partial charge on any atom is 0.326 e. The molecule has 2 aromatic heterocycles. The van der Waals surface area contributed by atoms with Crippen LogP contribution in [0.15, 0.2) is 35.3 Å². The van der Waals surface area contributed by atoms with Crippen LogP contribution in [0.3, 0.4) is 0 Å². The lowest BCUT2D eigenvalue weighted by atomic mass is 10.1. The molecule has 1 amide bonds. The molecule has 1 unspecified atom stereocenters. The van der Waals surface area contributed by atoms with Crippen molar-refractivity contribution in [3.05, 3.63) is 52.2 Å². The van der Waals surface area contributed by atoms with Crippen LogP contribution in [0.2, 0.25) is 0 Å². The Morgan fingerprint density at radius 2 is 1.91 bits per heavy atom. The number of amides is 1. The summed E-state index contributed by atoms with van der Waals surface area (Å²) >= 11 is 1.58. The fourth-order valence-corrected chi connectivity index (χ4v) is 3.07. The molecule has 1 atom stereocenters. The molecule has 32 heavy (non-hydrogen) atoms. The SMILES string of the molecule is Nc1nc2cnc(CNc3ccc(C(=O)NC(CCC(=O)I)C(=O)O)cc3)nc2c(=O)[nH]1. The molecule has 0 aliphatic rings. The van der Waals surface area contributed by atoms with Crippen molar-refractivity contribution in [1.29, 1.82) is 0 Å². The summed E-state index contributed by atoms with van der Waals surface area (Å²) < 4.78 is -0.182. The second kappa shape index (κ2) is 10.1. The quantitative estimate of drug-likeness (QED) is 0.188. The van der Waals surface area contributed by atoms with Crippen molar-refractivity contribution in [2.24, 2.45) is 0 Å². The number of nitrogens with zero attached hydrogens (tertiary/aromatic N) is 3. The van der Waals surface area contributed by atoms with Crippen LogP contribution in [-0.2, 0) is 16.1 Å². The van der Waals surface area contributed by atoms with Gasteiger partial charge in [-0.1, -0.05) is 0 Å². The van der Waals surface area contributed by atoms with E-state index in [-0.39, 0.29) is 45.7 Å². The number of anilines is 2. The summed E-state index contributed by atoms with van der Waals surface area (Å²) in [6.45, 7) is 0.205. The molecule has 0 spiro atoms. The minimum atomic E-state index is -1.21. The van der Waals surface area contributed by atoms with Crippen molar-refractivity contribution in [3.8, 4) is 0 Å². The predicted molar refractivity (Wildman–Crippen MR) is 123 cm³/mol. The Kier molecular flexibility index (Phi) is 7.29. The lowest BCUT2D eigenvalue weighted by Gasteiger charge is -2.14. The third-order valence-electron chi connectivity index (χ3n) is 4.35. The number of carboxylic acid groups (broad SMARTS) is 1. The highest BCUT2D eigenvalue weighted by Crippen LogP contribution is 2.12. The van der Waals surface area contributed by atoms with Crippen LogP contribution in [0, 0.1) is 0 Å². The molecule has 0 bridgehead atoms. The van der Waals surface area contributed by atoms with Gasteiger partial charge in [0.25, 0.3) is 11.5 Å². The first kappa shape index (κ1) is 23.1. The average Bonchev–Trinajstić information content (AvgIpc) is 2.75. The molecule has 166 valence electrons. The number of aromatic nitrogens is 4. The summed E-state index contributed by atoms with van der Waals surface area (Å²) in [7, 11) is 0. The molecule has 3 rings (SSSR count). The van der Waals surface area contributed by atoms with E-state index in [2.05, 4.69) is 30.6 Å². The van der Waals surface area contributed by atoms with E-state index in [4.69, 9.17) is 5.73 Å². The molecule has 13 heteroatoms. The standard InChI is InChI=1S/C19H18IN7O5/c20-13(28)6-5-11(18(31)32)24-16(29)9-1-3-10(4-2-9)22-8-14-23-7-12-15(26-14)17(30)27-19(21)25-12/h1-4,7,11,22H,5-6,8H2,(H,24,29)(H,31,32)(H3,21,25,27,30). The molecule has 3 aromatic rings. The third-order valence-corrected chi connectivity index (χ3v) is 4.89. The van der Waals surface area contributed by atoms with Crippen molar-refractivity contribution < 1.29 is 19.5 Å². The van der Waals surface area contributed by atoms with E-state index < -0.39 is 23.5 Å². The van der Waals surface area contributed by atoms with Gasteiger partial charge in [-0.25, -0.2) is 19.7 Å². The largest absolute Gasteiger partial charge is 0.480 e. The first-order valence-electron chi connectivity index (χ1n) is 9.30. The first-order chi connectivity index (χ1) is 15.2. The Balaban J connectivity index is 1.62. The van der Waals surface area contributed by atoms with Gasteiger partial charge in [0.1, 0.15) is 17.4 Å². The zero-order chi connectivity index (χ0) is 23.3. The fourth-order valence-electron chi connectivity index (χ4n) is 2.76. The number of carbonyl (C=O) groups excluding carboxylic acids is 2. The van der Waals surface area contributed by atoms with Gasteiger partial charge in [-0.3, -0.25) is 19.4 Å². The molecule has 0 saturated heterocycles. The van der Waals surface area contributed by atoms with Crippen LogP contribution >= 0.6 is 22.6 Å². The molecule has 0 fully saturated rings. The van der Waals surface area contributed by atoms with Gasteiger partial charge in [-0.15, -0.1) is 0 Å². The molecular weight excluding hydrogens is 533 g/mol. The van der Waals surface area contributed by atoms with Crippen LogP contribution in [-0.4, -0.2) is 46.8 Å². The average molecular weight is 551 g/mol. The molecule has 2 heterocycles. The highest BCUT2D eigenvalue weighted by molar-refractivity contribution is 14.1.